The van der Waals surface area contributed by atoms with Crippen molar-refractivity contribution in [2.75, 3.05) is 26.7 Å². The van der Waals surface area contributed by atoms with Gasteiger partial charge < -0.3 is 15.7 Å². The van der Waals surface area contributed by atoms with Gasteiger partial charge in [0.15, 0.2) is 5.96 Å². The zero-order valence-electron chi connectivity index (χ0n) is 13.9. The Labute approximate surface area is 142 Å². The maximum atomic E-state index is 13.6. The molecule has 2 aromatic carbocycles. The highest BCUT2D eigenvalue weighted by Gasteiger charge is 2.10. The predicted octanol–water partition coefficient (Wildman–Crippen LogP) is 2.31. The monoisotopic (exact) mass is 329 g/mol. The third kappa shape index (κ3) is 5.35. The summed E-state index contributed by atoms with van der Waals surface area (Å²) < 4.78 is 13.6. The van der Waals surface area contributed by atoms with Crippen LogP contribution in [0.2, 0.25) is 0 Å². The number of nitrogens with one attached hydrogen (secondary N) is 2. The van der Waals surface area contributed by atoms with E-state index in [4.69, 9.17) is 0 Å². The van der Waals surface area contributed by atoms with Crippen molar-refractivity contribution in [3.63, 3.8) is 0 Å². The molecule has 1 atom stereocenters. The Morgan fingerprint density at radius 2 is 1.79 bits per heavy atom. The Morgan fingerprint density at radius 3 is 2.46 bits per heavy atom. The summed E-state index contributed by atoms with van der Waals surface area (Å²) in [6.45, 7) is 1.21. The van der Waals surface area contributed by atoms with Crippen LogP contribution in [0.25, 0.3) is 0 Å². The third-order valence-electron chi connectivity index (χ3n) is 3.88. The molecule has 2 aromatic rings. The van der Waals surface area contributed by atoms with E-state index in [2.05, 4.69) is 15.6 Å². The molecule has 0 saturated heterocycles. The summed E-state index contributed by atoms with van der Waals surface area (Å²) in [5, 5.41) is 15.9. The number of aliphatic hydroxyl groups is 1. The molecule has 3 N–H and O–H groups in total. The van der Waals surface area contributed by atoms with Gasteiger partial charge in [-0.1, -0.05) is 48.5 Å². The van der Waals surface area contributed by atoms with Crippen molar-refractivity contribution in [1.29, 1.82) is 0 Å². The van der Waals surface area contributed by atoms with Gasteiger partial charge in [-0.15, -0.1) is 0 Å². The molecule has 5 heteroatoms. The number of hydrogen-bond donors (Lipinski definition) is 3. The van der Waals surface area contributed by atoms with Crippen LogP contribution in [0, 0.1) is 5.82 Å². The summed E-state index contributed by atoms with van der Waals surface area (Å²) in [5.74, 6) is 0.448. The molecule has 0 aliphatic carbocycles. The van der Waals surface area contributed by atoms with Crippen molar-refractivity contribution in [2.45, 2.75) is 12.3 Å². The van der Waals surface area contributed by atoms with E-state index in [1.165, 1.54) is 6.07 Å². The van der Waals surface area contributed by atoms with Gasteiger partial charge in [-0.05, 0) is 23.6 Å². The van der Waals surface area contributed by atoms with E-state index >= 15 is 0 Å². The number of halogens is 1. The fourth-order valence-corrected chi connectivity index (χ4v) is 2.47. The number of hydrogen-bond acceptors (Lipinski definition) is 2. The largest absolute Gasteiger partial charge is 0.396 e. The van der Waals surface area contributed by atoms with Crippen LogP contribution in [0.3, 0.4) is 0 Å². The lowest BCUT2D eigenvalue weighted by atomic mass is 10.0. The molecule has 0 aliphatic heterocycles. The summed E-state index contributed by atoms with van der Waals surface area (Å²) >= 11 is 0. The van der Waals surface area contributed by atoms with Crippen molar-refractivity contribution >= 4 is 5.96 Å². The quantitative estimate of drug-likeness (QED) is 0.540. The summed E-state index contributed by atoms with van der Waals surface area (Å²) in [4.78, 5) is 4.16. The molecule has 128 valence electrons. The van der Waals surface area contributed by atoms with E-state index in [9.17, 15) is 9.50 Å². The molecule has 4 nitrogen and oxygen atoms in total. The van der Waals surface area contributed by atoms with Gasteiger partial charge >= 0.3 is 0 Å². The average Bonchev–Trinajstić information content (AvgIpc) is 2.63. The third-order valence-corrected chi connectivity index (χ3v) is 3.88. The summed E-state index contributed by atoms with van der Waals surface area (Å²) in [5.41, 5.74) is 1.76. The fourth-order valence-electron chi connectivity index (χ4n) is 2.47. The van der Waals surface area contributed by atoms with Gasteiger partial charge in [0.05, 0.1) is 6.61 Å². The lowest BCUT2D eigenvalue weighted by Gasteiger charge is -2.18. The Balaban J connectivity index is 1.81. The number of aliphatic imine (C=N–C) groups is 1. The van der Waals surface area contributed by atoms with E-state index in [0.717, 1.165) is 5.56 Å². The average molecular weight is 329 g/mol. The first kappa shape index (κ1) is 17.9. The van der Waals surface area contributed by atoms with Crippen LogP contribution < -0.4 is 10.6 Å². The molecule has 0 radical (unpaired) electrons. The molecule has 2 rings (SSSR count). The number of nitrogens with zero attached hydrogens (tertiary/aromatic N) is 1. The molecular weight excluding hydrogens is 305 g/mol. The van der Waals surface area contributed by atoms with Crippen molar-refractivity contribution in [3.8, 4) is 0 Å². The smallest absolute Gasteiger partial charge is 0.191 e. The first-order valence-corrected chi connectivity index (χ1v) is 8.08. The molecule has 0 saturated carbocycles. The molecule has 0 bridgehead atoms. The van der Waals surface area contributed by atoms with Gasteiger partial charge in [0.25, 0.3) is 0 Å². The molecule has 0 heterocycles. The Bertz CT molecular complexity index is 646. The summed E-state index contributed by atoms with van der Waals surface area (Å²) in [6.07, 6.45) is 0.579. The van der Waals surface area contributed by atoms with Crippen LogP contribution in [0.5, 0.6) is 0 Å². The van der Waals surface area contributed by atoms with Crippen molar-refractivity contribution in [2.24, 2.45) is 4.99 Å². The number of rotatable bonds is 7. The van der Waals surface area contributed by atoms with Gasteiger partial charge in [0.1, 0.15) is 5.82 Å². The highest BCUT2D eigenvalue weighted by atomic mass is 19.1. The highest BCUT2D eigenvalue weighted by Crippen LogP contribution is 2.13. The van der Waals surface area contributed by atoms with E-state index in [1.54, 1.807) is 19.2 Å². The zero-order chi connectivity index (χ0) is 17.2. The Hall–Kier alpha value is -2.40. The second-order valence-electron chi connectivity index (χ2n) is 5.51. The molecule has 0 fully saturated rings. The Morgan fingerprint density at radius 1 is 1.08 bits per heavy atom. The maximum Gasteiger partial charge on any atom is 0.191 e. The van der Waals surface area contributed by atoms with Crippen LogP contribution in [0.1, 0.15) is 17.0 Å². The van der Waals surface area contributed by atoms with Gasteiger partial charge in [0, 0.05) is 26.1 Å². The molecule has 0 amide bonds. The van der Waals surface area contributed by atoms with Crippen molar-refractivity contribution < 1.29 is 9.50 Å². The van der Waals surface area contributed by atoms with Crippen LogP contribution in [-0.4, -0.2) is 37.8 Å². The first-order valence-electron chi connectivity index (χ1n) is 8.08. The minimum atomic E-state index is -0.188. The van der Waals surface area contributed by atoms with Crippen LogP contribution in [0.4, 0.5) is 4.39 Å². The fraction of sp³-hybridized carbons (Fsp3) is 0.316. The molecule has 1 unspecified atom stereocenters. The minimum absolute atomic E-state index is 0.00341. The standard InChI is InChI=1S/C19H24FN3O/c1-21-19(22-12-11-16-9-5-6-10-18(16)20)23-13-17(14-24)15-7-3-2-4-8-15/h2-10,17,24H,11-14H2,1H3,(H2,21,22,23). The molecule has 0 aromatic heterocycles. The van der Waals surface area contributed by atoms with Gasteiger partial charge in [-0.2, -0.15) is 0 Å². The van der Waals surface area contributed by atoms with Gasteiger partial charge in [-0.25, -0.2) is 4.39 Å². The number of aliphatic hydroxyl groups excluding tert-OH is 1. The van der Waals surface area contributed by atoms with Gasteiger partial charge in [0.2, 0.25) is 0 Å². The van der Waals surface area contributed by atoms with Crippen LogP contribution >= 0.6 is 0 Å². The van der Waals surface area contributed by atoms with Crippen LogP contribution in [0.15, 0.2) is 59.6 Å². The number of guanidine groups is 1. The topological polar surface area (TPSA) is 56.7 Å². The SMILES string of the molecule is CN=C(NCCc1ccccc1F)NCC(CO)c1ccccc1. The summed E-state index contributed by atoms with van der Waals surface area (Å²) in [7, 11) is 1.69. The molecular formula is C19H24FN3O. The minimum Gasteiger partial charge on any atom is -0.396 e. The van der Waals surface area contributed by atoms with Crippen molar-refractivity contribution in [1.82, 2.24) is 10.6 Å². The summed E-state index contributed by atoms with van der Waals surface area (Å²) in [6, 6.07) is 16.6. The lowest BCUT2D eigenvalue weighted by Crippen LogP contribution is -2.40. The van der Waals surface area contributed by atoms with Gasteiger partial charge in [-0.3, -0.25) is 4.99 Å². The Kier molecular flexibility index (Phi) is 7.23. The maximum absolute atomic E-state index is 13.6. The van der Waals surface area contributed by atoms with Crippen molar-refractivity contribution in [3.05, 3.63) is 71.5 Å². The zero-order valence-corrected chi connectivity index (χ0v) is 13.9. The molecule has 24 heavy (non-hydrogen) atoms. The second kappa shape index (κ2) is 9.67. The van der Waals surface area contributed by atoms with Crippen LogP contribution in [-0.2, 0) is 6.42 Å². The lowest BCUT2D eigenvalue weighted by molar-refractivity contribution is 0.265. The predicted molar refractivity (Wildman–Crippen MR) is 95.7 cm³/mol. The second-order valence-corrected chi connectivity index (χ2v) is 5.51. The molecule has 0 spiro atoms. The van der Waals surface area contributed by atoms with E-state index in [-0.39, 0.29) is 18.3 Å². The normalized spacial score (nSPS) is 12.7. The molecule has 0 aliphatic rings. The highest BCUT2D eigenvalue weighted by molar-refractivity contribution is 5.79. The number of benzene rings is 2. The first-order chi connectivity index (χ1) is 11.7. The van der Waals surface area contributed by atoms with E-state index < -0.39 is 0 Å². The van der Waals surface area contributed by atoms with E-state index in [0.29, 0.717) is 31.0 Å². The van der Waals surface area contributed by atoms with E-state index in [1.807, 2.05) is 36.4 Å².